The molecule has 5 rings (SSSR count). The first-order valence-electron chi connectivity index (χ1n) is 12.7. The van der Waals surface area contributed by atoms with Crippen molar-refractivity contribution in [3.05, 3.63) is 129 Å². The van der Waals surface area contributed by atoms with E-state index in [-0.39, 0.29) is 32.8 Å². The van der Waals surface area contributed by atoms with Crippen molar-refractivity contribution in [2.45, 2.75) is 19.4 Å². The van der Waals surface area contributed by atoms with Crippen LogP contribution >= 0.6 is 23.2 Å². The van der Waals surface area contributed by atoms with Crippen molar-refractivity contribution in [2.24, 2.45) is 5.73 Å². The number of nitrogens with zero attached hydrogens (tertiary/aromatic N) is 1. The van der Waals surface area contributed by atoms with Crippen LogP contribution < -0.4 is 24.7 Å². The summed E-state index contributed by atoms with van der Waals surface area (Å²) in [6.45, 7) is 2.57. The highest BCUT2D eigenvalue weighted by Crippen LogP contribution is 2.44. The lowest BCUT2D eigenvalue weighted by molar-refractivity contribution is 0.0734. The number of allylic oxidation sites excluding steroid dienone is 1. The fraction of sp³-hybridized carbons (Fsp3) is 0.125. The third kappa shape index (κ3) is 6.09. The van der Waals surface area contributed by atoms with Crippen LogP contribution in [-0.2, 0) is 6.61 Å². The second-order valence-corrected chi connectivity index (χ2v) is 9.88. The summed E-state index contributed by atoms with van der Waals surface area (Å²) in [6.07, 6.45) is 0. The van der Waals surface area contributed by atoms with Gasteiger partial charge < -0.3 is 24.7 Å². The van der Waals surface area contributed by atoms with Crippen molar-refractivity contribution in [2.75, 3.05) is 6.61 Å². The van der Waals surface area contributed by atoms with E-state index in [1.807, 2.05) is 54.6 Å². The van der Waals surface area contributed by atoms with Crippen LogP contribution in [0.25, 0.3) is 0 Å². The Morgan fingerprint density at radius 1 is 0.951 bits per heavy atom. The smallest absolute Gasteiger partial charge is 0.343 e. The second-order valence-electron chi connectivity index (χ2n) is 9.06. The molecule has 0 aliphatic carbocycles. The van der Waals surface area contributed by atoms with Gasteiger partial charge in [0.25, 0.3) is 0 Å². The molecule has 0 spiro atoms. The van der Waals surface area contributed by atoms with Crippen LogP contribution in [0.5, 0.6) is 23.0 Å². The standard InChI is InChI=1S/C32H24Cl2N2O5/c1-2-38-30-26(33)14-21(15-27(30)34)32(37)40-23-11-12-24-28(16-23)41-31(36)25(17-35)29(24)20-9-6-10-22(13-20)39-18-19-7-4-3-5-8-19/h3-16,29H,2,18,36H2,1H3. The molecule has 4 aromatic rings. The molecule has 0 bridgehead atoms. The zero-order chi connectivity index (χ0) is 28.9. The van der Waals surface area contributed by atoms with Crippen LogP contribution in [0.15, 0.2) is 96.4 Å². The van der Waals surface area contributed by atoms with Crippen LogP contribution in [-0.4, -0.2) is 12.6 Å². The summed E-state index contributed by atoms with van der Waals surface area (Å²) in [5.74, 6) is 0.288. The number of fused-ring (bicyclic) bond motifs is 1. The highest BCUT2D eigenvalue weighted by molar-refractivity contribution is 6.37. The second kappa shape index (κ2) is 12.3. The van der Waals surface area contributed by atoms with Gasteiger partial charge in [-0.15, -0.1) is 0 Å². The lowest BCUT2D eigenvalue weighted by atomic mass is 9.83. The molecule has 1 aliphatic heterocycles. The van der Waals surface area contributed by atoms with Gasteiger partial charge in [0.1, 0.15) is 35.5 Å². The first kappa shape index (κ1) is 27.9. The van der Waals surface area contributed by atoms with Gasteiger partial charge in [-0.2, -0.15) is 5.26 Å². The Bertz CT molecular complexity index is 1660. The first-order chi connectivity index (χ1) is 19.9. The fourth-order valence-corrected chi connectivity index (χ4v) is 5.09. The zero-order valence-electron chi connectivity index (χ0n) is 21.9. The molecule has 2 N–H and O–H groups in total. The monoisotopic (exact) mass is 586 g/mol. The third-order valence-corrected chi connectivity index (χ3v) is 6.92. The van der Waals surface area contributed by atoms with E-state index in [1.54, 1.807) is 25.1 Å². The van der Waals surface area contributed by atoms with Crippen LogP contribution in [0.1, 0.15) is 39.9 Å². The van der Waals surface area contributed by atoms with E-state index in [9.17, 15) is 10.1 Å². The van der Waals surface area contributed by atoms with Gasteiger partial charge in [-0.05, 0) is 48.4 Å². The van der Waals surface area contributed by atoms with E-state index in [0.29, 0.717) is 36.0 Å². The quantitative estimate of drug-likeness (QED) is 0.169. The third-order valence-electron chi connectivity index (χ3n) is 6.36. The minimum atomic E-state index is -0.673. The number of esters is 1. The molecule has 1 heterocycles. The number of hydrogen-bond acceptors (Lipinski definition) is 7. The number of nitriles is 1. The van der Waals surface area contributed by atoms with Gasteiger partial charge >= 0.3 is 5.97 Å². The molecule has 0 radical (unpaired) electrons. The molecule has 0 saturated carbocycles. The maximum atomic E-state index is 12.9. The molecule has 206 valence electrons. The predicted octanol–water partition coefficient (Wildman–Crippen LogP) is 7.41. The van der Waals surface area contributed by atoms with Gasteiger partial charge in [0.2, 0.25) is 5.88 Å². The Balaban J connectivity index is 1.41. The fourth-order valence-electron chi connectivity index (χ4n) is 4.49. The number of benzene rings is 4. The minimum Gasteiger partial charge on any atom is -0.491 e. The summed E-state index contributed by atoms with van der Waals surface area (Å²) in [5, 5.41) is 10.3. The van der Waals surface area contributed by atoms with Gasteiger partial charge in [0, 0.05) is 11.6 Å². The average molecular weight is 587 g/mol. The van der Waals surface area contributed by atoms with Gasteiger partial charge in [-0.25, -0.2) is 4.79 Å². The van der Waals surface area contributed by atoms with E-state index in [0.717, 1.165) is 11.1 Å². The SMILES string of the molecule is CCOc1c(Cl)cc(C(=O)Oc2ccc3c(c2)OC(N)=C(C#N)C3c2cccc(OCc3ccccc3)c2)cc1Cl. The minimum absolute atomic E-state index is 0.0332. The zero-order valence-corrected chi connectivity index (χ0v) is 23.4. The number of carbonyl (C=O) groups excluding carboxylic acids is 1. The molecule has 41 heavy (non-hydrogen) atoms. The number of rotatable bonds is 8. The van der Waals surface area contributed by atoms with Crippen LogP contribution in [0.3, 0.4) is 0 Å². The molecule has 1 unspecified atom stereocenters. The molecular weight excluding hydrogens is 563 g/mol. The topological polar surface area (TPSA) is 104 Å². The van der Waals surface area contributed by atoms with Gasteiger partial charge in [-0.3, -0.25) is 0 Å². The van der Waals surface area contributed by atoms with Gasteiger partial charge in [0.05, 0.1) is 28.1 Å². The molecular formula is C32H24Cl2N2O5. The maximum Gasteiger partial charge on any atom is 0.343 e. The van der Waals surface area contributed by atoms with Crippen LogP contribution in [0, 0.1) is 11.3 Å². The number of ether oxygens (including phenoxy) is 4. The highest BCUT2D eigenvalue weighted by Gasteiger charge is 2.31. The predicted molar refractivity (Wildman–Crippen MR) is 156 cm³/mol. The Morgan fingerprint density at radius 3 is 2.41 bits per heavy atom. The Labute approximate surface area is 247 Å². The largest absolute Gasteiger partial charge is 0.491 e. The average Bonchev–Trinajstić information content (AvgIpc) is 2.97. The summed E-state index contributed by atoms with van der Waals surface area (Å²) >= 11 is 12.5. The molecule has 0 amide bonds. The maximum absolute atomic E-state index is 12.9. The van der Waals surface area contributed by atoms with Crippen molar-refractivity contribution in [3.8, 4) is 29.1 Å². The lowest BCUT2D eigenvalue weighted by Gasteiger charge is -2.27. The molecule has 0 saturated heterocycles. The highest BCUT2D eigenvalue weighted by atomic mass is 35.5. The van der Waals surface area contributed by atoms with Gasteiger partial charge in [-0.1, -0.05) is 71.7 Å². The van der Waals surface area contributed by atoms with E-state index in [1.165, 1.54) is 12.1 Å². The molecule has 0 fully saturated rings. The number of halogens is 2. The van der Waals surface area contributed by atoms with E-state index in [4.69, 9.17) is 47.9 Å². The van der Waals surface area contributed by atoms with Crippen molar-refractivity contribution in [1.29, 1.82) is 5.26 Å². The van der Waals surface area contributed by atoms with E-state index < -0.39 is 11.9 Å². The number of hydrogen-bond donors (Lipinski definition) is 1. The van der Waals surface area contributed by atoms with Crippen molar-refractivity contribution in [3.63, 3.8) is 0 Å². The van der Waals surface area contributed by atoms with Crippen LogP contribution in [0.2, 0.25) is 10.0 Å². The summed E-state index contributed by atoms with van der Waals surface area (Å²) in [7, 11) is 0. The molecule has 1 aliphatic rings. The Kier molecular flexibility index (Phi) is 8.34. The molecule has 4 aromatic carbocycles. The van der Waals surface area contributed by atoms with Gasteiger partial charge in [0.15, 0.2) is 5.75 Å². The van der Waals surface area contributed by atoms with E-state index in [2.05, 4.69) is 6.07 Å². The molecule has 9 heteroatoms. The summed E-state index contributed by atoms with van der Waals surface area (Å²) in [5.41, 5.74) is 9.10. The van der Waals surface area contributed by atoms with Crippen molar-refractivity contribution in [1.82, 2.24) is 0 Å². The Morgan fingerprint density at radius 2 is 1.71 bits per heavy atom. The lowest BCUT2D eigenvalue weighted by Crippen LogP contribution is -2.21. The Hall–Kier alpha value is -4.64. The summed E-state index contributed by atoms with van der Waals surface area (Å²) in [4.78, 5) is 12.9. The number of carbonyl (C=O) groups is 1. The van der Waals surface area contributed by atoms with Crippen molar-refractivity contribution < 1.29 is 23.7 Å². The molecule has 1 atom stereocenters. The molecule has 0 aromatic heterocycles. The van der Waals surface area contributed by atoms with Crippen molar-refractivity contribution >= 4 is 29.2 Å². The van der Waals surface area contributed by atoms with Crippen LogP contribution in [0.4, 0.5) is 0 Å². The summed E-state index contributed by atoms with van der Waals surface area (Å²) in [6, 6.07) is 27.3. The molecule has 7 nitrogen and oxygen atoms in total. The summed E-state index contributed by atoms with van der Waals surface area (Å²) < 4.78 is 22.8. The normalized spacial score (nSPS) is 14.0. The first-order valence-corrected chi connectivity index (χ1v) is 13.5. The number of nitrogens with two attached hydrogens (primary N) is 1. The van der Waals surface area contributed by atoms with E-state index >= 15 is 0 Å².